The van der Waals surface area contributed by atoms with Crippen molar-refractivity contribution >= 4 is 21.5 Å². The number of aryl methyl sites for hydroxylation is 2. The highest BCUT2D eigenvalue weighted by molar-refractivity contribution is 7.90. The van der Waals surface area contributed by atoms with E-state index in [2.05, 4.69) is 42.3 Å². The molecular weight excluding hydrogens is 476 g/mol. The van der Waals surface area contributed by atoms with E-state index in [0.29, 0.717) is 26.0 Å². The van der Waals surface area contributed by atoms with Crippen LogP contribution in [0.3, 0.4) is 0 Å². The van der Waals surface area contributed by atoms with E-state index in [9.17, 15) is 13.2 Å². The van der Waals surface area contributed by atoms with Crippen molar-refractivity contribution < 1.29 is 23.1 Å². The molecule has 1 saturated carbocycles. The molecule has 0 bridgehead atoms. The first kappa shape index (κ1) is 25.7. The predicted octanol–water partition coefficient (Wildman–Crippen LogP) is 4.98. The molecule has 1 fully saturated rings. The molecule has 3 aromatic rings. The summed E-state index contributed by atoms with van der Waals surface area (Å²) in [6.07, 6.45) is 4.13. The third kappa shape index (κ3) is 6.63. The van der Waals surface area contributed by atoms with E-state index in [1.54, 1.807) is 6.20 Å². The lowest BCUT2D eigenvalue weighted by atomic mass is 9.94. The molecule has 8 heteroatoms. The second-order valence-electron chi connectivity index (χ2n) is 9.58. The SMILES string of the molecule is Cc1cc(OCCCS(C)(=O)=O)cc(C)c1-c1cccc(CNc2ccc(C3CC3C(=O)O)nc2)c1. The van der Waals surface area contributed by atoms with Gasteiger partial charge in [-0.05, 0) is 84.8 Å². The summed E-state index contributed by atoms with van der Waals surface area (Å²) in [6, 6.07) is 16.2. The Hall–Kier alpha value is -3.39. The highest BCUT2D eigenvalue weighted by Crippen LogP contribution is 2.46. The monoisotopic (exact) mass is 508 g/mol. The van der Waals surface area contributed by atoms with Crippen molar-refractivity contribution in [3.05, 3.63) is 77.1 Å². The molecule has 2 atom stereocenters. The van der Waals surface area contributed by atoms with Crippen LogP contribution in [0.2, 0.25) is 0 Å². The number of pyridine rings is 1. The first-order valence-electron chi connectivity index (χ1n) is 12.0. The molecule has 2 aromatic carbocycles. The van der Waals surface area contributed by atoms with Crippen molar-refractivity contribution in [2.24, 2.45) is 5.92 Å². The molecule has 7 nitrogen and oxygen atoms in total. The summed E-state index contributed by atoms with van der Waals surface area (Å²) in [5, 5.41) is 12.5. The molecule has 0 radical (unpaired) electrons. The van der Waals surface area contributed by atoms with E-state index in [1.807, 2.05) is 30.3 Å². The molecule has 1 aromatic heterocycles. The summed E-state index contributed by atoms with van der Waals surface area (Å²) in [5.74, 6) is -0.149. The van der Waals surface area contributed by atoms with Crippen molar-refractivity contribution in [1.82, 2.24) is 4.98 Å². The van der Waals surface area contributed by atoms with Gasteiger partial charge in [0.1, 0.15) is 15.6 Å². The van der Waals surface area contributed by atoms with Crippen molar-refractivity contribution in [2.75, 3.05) is 23.9 Å². The summed E-state index contributed by atoms with van der Waals surface area (Å²) in [7, 11) is -2.98. The number of ether oxygens (including phenoxy) is 1. The average Bonchev–Trinajstić information content (AvgIpc) is 3.62. The number of aliphatic carboxylic acids is 1. The van der Waals surface area contributed by atoms with Gasteiger partial charge in [0.2, 0.25) is 0 Å². The fourth-order valence-electron chi connectivity index (χ4n) is 4.54. The highest BCUT2D eigenvalue weighted by atomic mass is 32.2. The van der Waals surface area contributed by atoms with E-state index in [4.69, 9.17) is 9.84 Å². The van der Waals surface area contributed by atoms with E-state index in [0.717, 1.165) is 44.9 Å². The van der Waals surface area contributed by atoms with Crippen LogP contribution in [0.5, 0.6) is 5.75 Å². The normalized spacial score (nSPS) is 17.0. The molecule has 1 heterocycles. The molecule has 190 valence electrons. The van der Waals surface area contributed by atoms with E-state index in [-0.39, 0.29) is 17.6 Å². The summed E-state index contributed by atoms with van der Waals surface area (Å²) in [6.45, 7) is 5.11. The molecule has 0 spiro atoms. The number of carbonyl (C=O) groups is 1. The van der Waals surface area contributed by atoms with Gasteiger partial charge in [-0.2, -0.15) is 0 Å². The van der Waals surface area contributed by atoms with Gasteiger partial charge in [0.25, 0.3) is 0 Å². The first-order chi connectivity index (χ1) is 17.1. The first-order valence-corrected chi connectivity index (χ1v) is 14.1. The maximum absolute atomic E-state index is 11.3. The standard InChI is InChI=1S/C28H32N2O5S/c1-18-12-23(35-10-5-11-36(3,33)34)13-19(2)27(18)21-7-4-6-20(14-21)16-29-22-8-9-26(30-17-22)24-15-25(24)28(31)32/h4,6-9,12-14,17,24-25,29H,5,10-11,15-16H2,1-3H3,(H,31,32). The molecular formula is C28H32N2O5S. The Labute approximate surface area is 212 Å². The van der Waals surface area contributed by atoms with Gasteiger partial charge in [-0.15, -0.1) is 0 Å². The fourth-order valence-corrected chi connectivity index (χ4v) is 5.18. The third-order valence-electron chi connectivity index (χ3n) is 6.42. The van der Waals surface area contributed by atoms with Crippen molar-refractivity contribution in [2.45, 2.75) is 39.2 Å². The lowest BCUT2D eigenvalue weighted by Crippen LogP contribution is -2.08. The highest BCUT2D eigenvalue weighted by Gasteiger charge is 2.45. The number of nitrogens with one attached hydrogen (secondary N) is 1. The minimum absolute atomic E-state index is 0.0315. The van der Waals surface area contributed by atoms with Gasteiger partial charge in [-0.1, -0.05) is 18.2 Å². The minimum atomic E-state index is -2.98. The quantitative estimate of drug-likeness (QED) is 0.352. The van der Waals surface area contributed by atoms with Crippen LogP contribution in [0.15, 0.2) is 54.7 Å². The summed E-state index contributed by atoms with van der Waals surface area (Å²) >= 11 is 0. The Bertz CT molecular complexity index is 1330. The smallest absolute Gasteiger partial charge is 0.307 e. The summed E-state index contributed by atoms with van der Waals surface area (Å²) in [5.41, 5.74) is 7.32. The van der Waals surface area contributed by atoms with Gasteiger partial charge in [0, 0.05) is 24.4 Å². The van der Waals surface area contributed by atoms with Crippen LogP contribution in [-0.2, 0) is 21.2 Å². The second kappa shape index (κ2) is 10.7. The largest absolute Gasteiger partial charge is 0.494 e. The van der Waals surface area contributed by atoms with Crippen LogP contribution < -0.4 is 10.1 Å². The molecule has 2 unspecified atom stereocenters. The molecule has 0 amide bonds. The van der Waals surface area contributed by atoms with Gasteiger partial charge in [-0.3, -0.25) is 9.78 Å². The van der Waals surface area contributed by atoms with Crippen LogP contribution in [0.1, 0.15) is 41.1 Å². The molecule has 4 rings (SSSR count). The topological polar surface area (TPSA) is 106 Å². The maximum atomic E-state index is 11.3. The van der Waals surface area contributed by atoms with Crippen LogP contribution in [-0.4, -0.2) is 43.1 Å². The zero-order valence-corrected chi connectivity index (χ0v) is 21.6. The van der Waals surface area contributed by atoms with Crippen LogP contribution in [0.25, 0.3) is 11.1 Å². The Morgan fingerprint density at radius 3 is 2.50 bits per heavy atom. The van der Waals surface area contributed by atoms with Gasteiger partial charge in [0.05, 0.1) is 30.2 Å². The Morgan fingerprint density at radius 2 is 1.89 bits per heavy atom. The van der Waals surface area contributed by atoms with Gasteiger partial charge >= 0.3 is 5.97 Å². The number of sulfone groups is 1. The predicted molar refractivity (Wildman–Crippen MR) is 141 cm³/mol. The minimum Gasteiger partial charge on any atom is -0.494 e. The number of hydrogen-bond acceptors (Lipinski definition) is 6. The number of rotatable bonds is 11. The van der Waals surface area contributed by atoms with Crippen molar-refractivity contribution in [3.8, 4) is 16.9 Å². The molecule has 36 heavy (non-hydrogen) atoms. The van der Waals surface area contributed by atoms with Crippen molar-refractivity contribution in [1.29, 1.82) is 0 Å². The Balaban J connectivity index is 1.38. The van der Waals surface area contributed by atoms with Crippen LogP contribution in [0, 0.1) is 19.8 Å². The number of benzene rings is 2. The van der Waals surface area contributed by atoms with Crippen LogP contribution in [0.4, 0.5) is 5.69 Å². The van der Waals surface area contributed by atoms with E-state index >= 15 is 0 Å². The number of nitrogens with zero attached hydrogens (tertiary/aromatic N) is 1. The summed E-state index contributed by atoms with van der Waals surface area (Å²) in [4.78, 5) is 15.5. The molecule has 1 aliphatic rings. The molecule has 0 aliphatic heterocycles. The number of hydrogen-bond donors (Lipinski definition) is 2. The zero-order valence-electron chi connectivity index (χ0n) is 20.8. The molecule has 0 saturated heterocycles. The lowest BCUT2D eigenvalue weighted by Gasteiger charge is -2.15. The van der Waals surface area contributed by atoms with Crippen LogP contribution >= 0.6 is 0 Å². The number of carboxylic acids is 1. The maximum Gasteiger partial charge on any atom is 0.307 e. The Morgan fingerprint density at radius 1 is 1.14 bits per heavy atom. The number of aromatic nitrogens is 1. The average molecular weight is 509 g/mol. The van der Waals surface area contributed by atoms with Gasteiger partial charge in [-0.25, -0.2) is 8.42 Å². The third-order valence-corrected chi connectivity index (χ3v) is 7.45. The Kier molecular flexibility index (Phi) is 7.64. The number of carboxylic acid groups (broad SMARTS) is 1. The summed E-state index contributed by atoms with van der Waals surface area (Å²) < 4.78 is 28.4. The zero-order chi connectivity index (χ0) is 25.9. The fraction of sp³-hybridized carbons (Fsp3) is 0.357. The molecule has 1 aliphatic carbocycles. The van der Waals surface area contributed by atoms with Gasteiger partial charge < -0.3 is 15.2 Å². The van der Waals surface area contributed by atoms with E-state index in [1.165, 1.54) is 6.26 Å². The second-order valence-corrected chi connectivity index (χ2v) is 11.8. The van der Waals surface area contributed by atoms with E-state index < -0.39 is 15.8 Å². The van der Waals surface area contributed by atoms with Crippen molar-refractivity contribution in [3.63, 3.8) is 0 Å². The van der Waals surface area contributed by atoms with Gasteiger partial charge in [0.15, 0.2) is 0 Å². The molecule has 2 N–H and O–H groups in total. The number of anilines is 1. The lowest BCUT2D eigenvalue weighted by molar-refractivity contribution is -0.138.